The van der Waals surface area contributed by atoms with Gasteiger partial charge in [-0.05, 0) is 24.6 Å². The number of nitrogen functional groups attached to an aromatic ring is 1. The molecule has 1 saturated heterocycles. The minimum absolute atomic E-state index is 0.161. The molecule has 0 aliphatic carbocycles. The SMILES string of the molecule is COc1ccc(N)cc1C(=O)NCC1CCOC1. The van der Waals surface area contributed by atoms with Crippen LogP contribution in [0.5, 0.6) is 5.75 Å². The lowest BCUT2D eigenvalue weighted by Gasteiger charge is -2.12. The molecule has 0 bridgehead atoms. The third-order valence-electron chi connectivity index (χ3n) is 3.04. The van der Waals surface area contributed by atoms with E-state index in [1.165, 1.54) is 7.11 Å². The Kier molecular flexibility index (Phi) is 4.04. The van der Waals surface area contributed by atoms with Crippen LogP contribution in [-0.4, -0.2) is 32.8 Å². The summed E-state index contributed by atoms with van der Waals surface area (Å²) in [6.07, 6.45) is 0.994. The number of hydrogen-bond acceptors (Lipinski definition) is 4. The molecule has 3 N–H and O–H groups in total. The topological polar surface area (TPSA) is 73.6 Å². The van der Waals surface area contributed by atoms with Crippen molar-refractivity contribution in [2.45, 2.75) is 6.42 Å². The lowest BCUT2D eigenvalue weighted by Crippen LogP contribution is -2.29. The summed E-state index contributed by atoms with van der Waals surface area (Å²) in [5.41, 5.74) is 6.70. The minimum atomic E-state index is -0.161. The van der Waals surface area contributed by atoms with Crippen LogP contribution in [-0.2, 0) is 4.74 Å². The van der Waals surface area contributed by atoms with Gasteiger partial charge in [0.25, 0.3) is 5.91 Å². The van der Waals surface area contributed by atoms with Crippen molar-refractivity contribution >= 4 is 11.6 Å². The summed E-state index contributed by atoms with van der Waals surface area (Å²) in [4.78, 5) is 12.0. The van der Waals surface area contributed by atoms with Crippen molar-refractivity contribution in [3.63, 3.8) is 0 Å². The number of carbonyl (C=O) groups excluding carboxylic acids is 1. The number of anilines is 1. The maximum absolute atomic E-state index is 12.0. The molecule has 1 unspecified atom stereocenters. The third kappa shape index (κ3) is 2.92. The van der Waals surface area contributed by atoms with Gasteiger partial charge in [-0.1, -0.05) is 0 Å². The molecule has 1 heterocycles. The van der Waals surface area contributed by atoms with E-state index in [1.54, 1.807) is 18.2 Å². The van der Waals surface area contributed by atoms with Crippen LogP contribution in [0.2, 0.25) is 0 Å². The van der Waals surface area contributed by atoms with Crippen molar-refractivity contribution in [2.75, 3.05) is 32.6 Å². The summed E-state index contributed by atoms with van der Waals surface area (Å²) in [5.74, 6) is 0.774. The summed E-state index contributed by atoms with van der Waals surface area (Å²) >= 11 is 0. The highest BCUT2D eigenvalue weighted by Gasteiger charge is 2.18. The van der Waals surface area contributed by atoms with Gasteiger partial charge in [-0.2, -0.15) is 0 Å². The van der Waals surface area contributed by atoms with Crippen LogP contribution >= 0.6 is 0 Å². The monoisotopic (exact) mass is 250 g/mol. The van der Waals surface area contributed by atoms with Crippen LogP contribution in [0.25, 0.3) is 0 Å². The molecule has 0 spiro atoms. The van der Waals surface area contributed by atoms with E-state index >= 15 is 0 Å². The number of ether oxygens (including phenoxy) is 2. The molecule has 98 valence electrons. The van der Waals surface area contributed by atoms with E-state index in [2.05, 4.69) is 5.32 Å². The predicted octanol–water partition coefficient (Wildman–Crippen LogP) is 1.04. The fourth-order valence-electron chi connectivity index (χ4n) is 1.98. The van der Waals surface area contributed by atoms with E-state index in [0.29, 0.717) is 36.1 Å². The molecule has 1 aliphatic rings. The number of hydrogen-bond donors (Lipinski definition) is 2. The average molecular weight is 250 g/mol. The number of nitrogens with one attached hydrogen (secondary N) is 1. The van der Waals surface area contributed by atoms with Crippen LogP contribution < -0.4 is 15.8 Å². The Labute approximate surface area is 106 Å². The van der Waals surface area contributed by atoms with Gasteiger partial charge in [-0.25, -0.2) is 0 Å². The van der Waals surface area contributed by atoms with Gasteiger partial charge in [0.05, 0.1) is 19.3 Å². The molecular formula is C13H18N2O3. The smallest absolute Gasteiger partial charge is 0.255 e. The number of amides is 1. The first-order valence-corrected chi connectivity index (χ1v) is 6.00. The summed E-state index contributed by atoms with van der Waals surface area (Å²) in [7, 11) is 1.53. The average Bonchev–Trinajstić information content (AvgIpc) is 2.89. The van der Waals surface area contributed by atoms with Crippen molar-refractivity contribution in [1.82, 2.24) is 5.32 Å². The Hall–Kier alpha value is -1.75. The van der Waals surface area contributed by atoms with Crippen LogP contribution in [0.15, 0.2) is 18.2 Å². The molecule has 0 radical (unpaired) electrons. The predicted molar refractivity (Wildman–Crippen MR) is 68.7 cm³/mol. The third-order valence-corrected chi connectivity index (χ3v) is 3.04. The van der Waals surface area contributed by atoms with E-state index in [1.807, 2.05) is 0 Å². The van der Waals surface area contributed by atoms with E-state index in [9.17, 15) is 4.79 Å². The molecular weight excluding hydrogens is 232 g/mol. The van der Waals surface area contributed by atoms with Gasteiger partial charge in [0.1, 0.15) is 5.75 Å². The molecule has 1 aliphatic heterocycles. The second-order valence-electron chi connectivity index (χ2n) is 4.40. The number of nitrogens with two attached hydrogens (primary N) is 1. The molecule has 1 fully saturated rings. The van der Waals surface area contributed by atoms with Crippen LogP contribution in [0, 0.1) is 5.92 Å². The van der Waals surface area contributed by atoms with Crippen molar-refractivity contribution in [1.29, 1.82) is 0 Å². The molecule has 1 aromatic carbocycles. The molecule has 0 aromatic heterocycles. The minimum Gasteiger partial charge on any atom is -0.496 e. The highest BCUT2D eigenvalue weighted by Crippen LogP contribution is 2.21. The van der Waals surface area contributed by atoms with E-state index < -0.39 is 0 Å². The largest absolute Gasteiger partial charge is 0.496 e. The van der Waals surface area contributed by atoms with Crippen LogP contribution in [0.1, 0.15) is 16.8 Å². The van der Waals surface area contributed by atoms with Crippen molar-refractivity contribution in [3.8, 4) is 5.75 Å². The Bertz CT molecular complexity index is 428. The maximum atomic E-state index is 12.0. The van der Waals surface area contributed by atoms with Gasteiger partial charge in [0.15, 0.2) is 0 Å². The number of methoxy groups -OCH3 is 1. The number of benzene rings is 1. The standard InChI is InChI=1S/C13H18N2O3/c1-17-12-3-2-10(14)6-11(12)13(16)15-7-9-4-5-18-8-9/h2-3,6,9H,4-5,7-8,14H2,1H3,(H,15,16). The van der Waals surface area contributed by atoms with Crippen LogP contribution in [0.3, 0.4) is 0 Å². The zero-order valence-electron chi connectivity index (χ0n) is 10.4. The highest BCUT2D eigenvalue weighted by atomic mass is 16.5. The van der Waals surface area contributed by atoms with Crippen molar-refractivity contribution in [3.05, 3.63) is 23.8 Å². The zero-order chi connectivity index (χ0) is 13.0. The van der Waals surface area contributed by atoms with Crippen molar-refractivity contribution in [2.24, 2.45) is 5.92 Å². The van der Waals surface area contributed by atoms with Gasteiger partial charge < -0.3 is 20.5 Å². The Morgan fingerprint density at radius 1 is 1.61 bits per heavy atom. The van der Waals surface area contributed by atoms with Gasteiger partial charge in [0, 0.05) is 24.8 Å². The first-order chi connectivity index (χ1) is 8.70. The fraction of sp³-hybridized carbons (Fsp3) is 0.462. The highest BCUT2D eigenvalue weighted by molar-refractivity contribution is 5.97. The Morgan fingerprint density at radius 3 is 3.11 bits per heavy atom. The molecule has 5 nitrogen and oxygen atoms in total. The molecule has 0 saturated carbocycles. The summed E-state index contributed by atoms with van der Waals surface area (Å²) < 4.78 is 10.4. The second-order valence-corrected chi connectivity index (χ2v) is 4.40. The van der Waals surface area contributed by atoms with Gasteiger partial charge in [-0.3, -0.25) is 4.79 Å². The van der Waals surface area contributed by atoms with E-state index in [4.69, 9.17) is 15.2 Å². The molecule has 5 heteroatoms. The molecule has 1 aromatic rings. The van der Waals surface area contributed by atoms with Crippen molar-refractivity contribution < 1.29 is 14.3 Å². The molecule has 1 amide bonds. The Morgan fingerprint density at radius 2 is 2.44 bits per heavy atom. The summed E-state index contributed by atoms with van der Waals surface area (Å²) in [5, 5.41) is 2.89. The lowest BCUT2D eigenvalue weighted by molar-refractivity contribution is 0.0942. The maximum Gasteiger partial charge on any atom is 0.255 e. The number of rotatable bonds is 4. The molecule has 18 heavy (non-hydrogen) atoms. The van der Waals surface area contributed by atoms with Gasteiger partial charge in [-0.15, -0.1) is 0 Å². The quantitative estimate of drug-likeness (QED) is 0.783. The van der Waals surface area contributed by atoms with E-state index in [-0.39, 0.29) is 5.91 Å². The normalized spacial score (nSPS) is 18.6. The molecule has 2 rings (SSSR count). The summed E-state index contributed by atoms with van der Waals surface area (Å²) in [6.45, 7) is 2.12. The van der Waals surface area contributed by atoms with Crippen LogP contribution in [0.4, 0.5) is 5.69 Å². The number of carbonyl (C=O) groups is 1. The van der Waals surface area contributed by atoms with Gasteiger partial charge in [0.2, 0.25) is 0 Å². The summed E-state index contributed by atoms with van der Waals surface area (Å²) in [6, 6.07) is 5.03. The fourth-order valence-corrected chi connectivity index (χ4v) is 1.98. The first-order valence-electron chi connectivity index (χ1n) is 6.00. The molecule has 1 atom stereocenters. The Balaban J connectivity index is 2.00. The van der Waals surface area contributed by atoms with Gasteiger partial charge >= 0.3 is 0 Å². The zero-order valence-corrected chi connectivity index (χ0v) is 10.4. The lowest BCUT2D eigenvalue weighted by atomic mass is 10.1. The second kappa shape index (κ2) is 5.73. The first kappa shape index (κ1) is 12.7. The van der Waals surface area contributed by atoms with E-state index in [0.717, 1.165) is 13.0 Å².